The first-order valence-corrected chi connectivity index (χ1v) is 8.00. The number of sulfonamides is 1. The fraction of sp³-hybridized carbons (Fsp3) is 0.500. The van der Waals surface area contributed by atoms with Crippen LogP contribution in [0, 0.1) is 11.7 Å². The van der Waals surface area contributed by atoms with Gasteiger partial charge in [-0.15, -0.1) is 0 Å². The van der Waals surface area contributed by atoms with Crippen LogP contribution in [-0.2, 0) is 14.8 Å². The summed E-state index contributed by atoms with van der Waals surface area (Å²) >= 11 is 0. The van der Waals surface area contributed by atoms with Gasteiger partial charge in [0.25, 0.3) is 0 Å². The van der Waals surface area contributed by atoms with Gasteiger partial charge in [0.05, 0.1) is 10.9 Å². The predicted octanol–water partition coefficient (Wildman–Crippen LogP) is 1.96. The summed E-state index contributed by atoms with van der Waals surface area (Å²) in [5.74, 6) is -0.487. The van der Waals surface area contributed by atoms with Crippen LogP contribution in [0.25, 0.3) is 0 Å². The summed E-state index contributed by atoms with van der Waals surface area (Å²) in [5, 5.41) is 0. The highest BCUT2D eigenvalue weighted by molar-refractivity contribution is 7.89. The van der Waals surface area contributed by atoms with Crippen LogP contribution in [0.1, 0.15) is 26.7 Å². The van der Waals surface area contributed by atoms with E-state index in [0.717, 1.165) is 25.0 Å². The summed E-state index contributed by atoms with van der Waals surface area (Å²) in [6, 6.07) is 4.17. The molecule has 4 nitrogen and oxygen atoms in total. The van der Waals surface area contributed by atoms with Crippen molar-refractivity contribution in [2.24, 2.45) is 5.92 Å². The fourth-order valence-electron chi connectivity index (χ4n) is 3.66. The number of carbonyl (C=O) groups is 1. The van der Waals surface area contributed by atoms with Crippen molar-refractivity contribution < 1.29 is 17.6 Å². The molecule has 1 aromatic rings. The number of Topliss-reactive ketones (excluding diaryl/α,β-unsaturated/α-hetero) is 1. The average molecular weight is 297 g/mol. The van der Waals surface area contributed by atoms with Crippen LogP contribution in [0.3, 0.4) is 0 Å². The lowest BCUT2D eigenvalue weighted by molar-refractivity contribution is -0.120. The van der Waals surface area contributed by atoms with Crippen LogP contribution in [0.4, 0.5) is 4.39 Å². The van der Waals surface area contributed by atoms with Gasteiger partial charge in [0.2, 0.25) is 10.0 Å². The van der Waals surface area contributed by atoms with Crippen molar-refractivity contribution >= 4 is 15.8 Å². The van der Waals surface area contributed by atoms with E-state index in [1.165, 1.54) is 23.4 Å². The zero-order valence-corrected chi connectivity index (χ0v) is 12.2. The van der Waals surface area contributed by atoms with Gasteiger partial charge in [-0.1, -0.05) is 0 Å². The molecule has 6 heteroatoms. The Labute approximate surface area is 117 Å². The van der Waals surface area contributed by atoms with Gasteiger partial charge < -0.3 is 0 Å². The van der Waals surface area contributed by atoms with E-state index in [1.54, 1.807) is 0 Å². The fourth-order valence-corrected chi connectivity index (χ4v) is 5.71. The Bertz CT molecular complexity index is 662. The number of nitrogens with zero attached hydrogens (tertiary/aromatic N) is 1. The predicted molar refractivity (Wildman–Crippen MR) is 71.0 cm³/mol. The van der Waals surface area contributed by atoms with E-state index in [2.05, 4.69) is 0 Å². The highest BCUT2D eigenvalue weighted by Crippen LogP contribution is 2.56. The zero-order valence-electron chi connectivity index (χ0n) is 11.3. The van der Waals surface area contributed by atoms with Crippen molar-refractivity contribution in [3.05, 3.63) is 30.1 Å². The lowest BCUT2D eigenvalue weighted by Gasteiger charge is -2.37. The molecule has 0 spiro atoms. The minimum Gasteiger partial charge on any atom is -0.298 e. The van der Waals surface area contributed by atoms with Crippen molar-refractivity contribution in [2.45, 2.75) is 43.2 Å². The second-order valence-electron chi connectivity index (χ2n) is 5.98. The van der Waals surface area contributed by atoms with Gasteiger partial charge >= 0.3 is 0 Å². The summed E-state index contributed by atoms with van der Waals surface area (Å²) in [5.41, 5.74) is -0.478. The minimum absolute atomic E-state index is 0.0407. The average Bonchev–Trinajstić information content (AvgIpc) is 2.78. The molecule has 0 unspecified atom stereocenters. The molecule has 4 rings (SSSR count). The molecule has 1 aliphatic carbocycles. The van der Waals surface area contributed by atoms with Gasteiger partial charge in [-0.05, 0) is 56.9 Å². The maximum absolute atomic E-state index is 13.0. The van der Waals surface area contributed by atoms with Crippen molar-refractivity contribution in [1.82, 2.24) is 4.31 Å². The van der Waals surface area contributed by atoms with E-state index < -0.39 is 27.4 Å². The quantitative estimate of drug-likeness (QED) is 0.857. The molecule has 0 N–H and O–H groups in total. The number of halogens is 1. The van der Waals surface area contributed by atoms with E-state index in [1.807, 2.05) is 6.92 Å². The molecular formula is C14H16FNO3S. The van der Waals surface area contributed by atoms with Gasteiger partial charge in [0.1, 0.15) is 11.6 Å². The van der Waals surface area contributed by atoms with Crippen molar-refractivity contribution in [1.29, 1.82) is 0 Å². The highest BCUT2D eigenvalue weighted by Gasteiger charge is 2.64. The summed E-state index contributed by atoms with van der Waals surface area (Å²) < 4.78 is 39.8. The number of benzene rings is 1. The first-order valence-electron chi connectivity index (χ1n) is 6.56. The van der Waals surface area contributed by atoms with E-state index in [-0.39, 0.29) is 16.6 Å². The second-order valence-corrected chi connectivity index (χ2v) is 7.79. The molecule has 1 saturated carbocycles. The van der Waals surface area contributed by atoms with Gasteiger partial charge in [-0.2, -0.15) is 4.31 Å². The largest absolute Gasteiger partial charge is 0.298 e. The molecule has 20 heavy (non-hydrogen) atoms. The van der Waals surface area contributed by atoms with Crippen LogP contribution >= 0.6 is 0 Å². The summed E-state index contributed by atoms with van der Waals surface area (Å²) in [7, 11) is -3.77. The third-order valence-corrected chi connectivity index (χ3v) is 6.48. The van der Waals surface area contributed by atoms with Gasteiger partial charge in [0.15, 0.2) is 0 Å². The zero-order chi connectivity index (χ0) is 14.7. The van der Waals surface area contributed by atoms with E-state index >= 15 is 0 Å². The minimum atomic E-state index is -3.77. The smallest absolute Gasteiger partial charge is 0.244 e. The summed E-state index contributed by atoms with van der Waals surface area (Å²) in [4.78, 5) is 11.8. The van der Waals surface area contributed by atoms with Crippen molar-refractivity contribution in [3.63, 3.8) is 0 Å². The SMILES string of the molecule is CC(=O)[C@@H]1C2CC(C)(C2)N1S(=O)(=O)c1ccc(F)cc1. The Morgan fingerprint density at radius 2 is 1.85 bits per heavy atom. The molecule has 2 bridgehead atoms. The molecule has 3 aliphatic rings. The molecule has 2 heterocycles. The van der Waals surface area contributed by atoms with E-state index in [4.69, 9.17) is 0 Å². The molecule has 2 aliphatic heterocycles. The van der Waals surface area contributed by atoms with Crippen LogP contribution < -0.4 is 0 Å². The standard InChI is InChI=1S/C14H16FNO3S/c1-9(17)13-10-7-14(2,8-10)16(13)20(18,19)12-5-3-11(15)4-6-12/h3-6,10,13H,7-8H2,1-2H3/t10?,13-,14?/m1/s1. The Hall–Kier alpha value is -1.27. The molecule has 0 aromatic heterocycles. The summed E-state index contributed by atoms with van der Waals surface area (Å²) in [6.07, 6.45) is 1.44. The van der Waals surface area contributed by atoms with Crippen molar-refractivity contribution in [3.8, 4) is 0 Å². The molecule has 0 radical (unpaired) electrons. The van der Waals surface area contributed by atoms with Crippen LogP contribution in [-0.4, -0.2) is 30.1 Å². The molecule has 2 saturated heterocycles. The van der Waals surface area contributed by atoms with Gasteiger partial charge in [-0.3, -0.25) is 4.79 Å². The summed E-state index contributed by atoms with van der Waals surface area (Å²) in [6.45, 7) is 3.30. The van der Waals surface area contributed by atoms with Crippen LogP contribution in [0.15, 0.2) is 29.2 Å². The Morgan fingerprint density at radius 1 is 1.30 bits per heavy atom. The second kappa shape index (κ2) is 4.11. The third-order valence-electron chi connectivity index (χ3n) is 4.42. The van der Waals surface area contributed by atoms with Crippen LogP contribution in [0.5, 0.6) is 0 Å². The molecule has 0 amide bonds. The first-order chi connectivity index (χ1) is 9.25. The first kappa shape index (κ1) is 13.7. The molecular weight excluding hydrogens is 281 g/mol. The van der Waals surface area contributed by atoms with E-state index in [0.29, 0.717) is 0 Å². The molecule has 3 fully saturated rings. The lowest BCUT2D eigenvalue weighted by Crippen LogP contribution is -2.47. The topological polar surface area (TPSA) is 54.5 Å². The monoisotopic (exact) mass is 297 g/mol. The van der Waals surface area contributed by atoms with Crippen molar-refractivity contribution in [2.75, 3.05) is 0 Å². The third kappa shape index (κ3) is 1.74. The van der Waals surface area contributed by atoms with Crippen LogP contribution in [0.2, 0.25) is 0 Å². The lowest BCUT2D eigenvalue weighted by atomic mass is 9.73. The number of carbonyl (C=O) groups excluding carboxylic acids is 1. The number of hydrogen-bond acceptors (Lipinski definition) is 3. The maximum atomic E-state index is 13.0. The number of rotatable bonds is 3. The van der Waals surface area contributed by atoms with Gasteiger partial charge in [-0.25, -0.2) is 12.8 Å². The molecule has 108 valence electrons. The molecule has 1 aromatic carbocycles. The Morgan fingerprint density at radius 3 is 2.35 bits per heavy atom. The number of fused-ring (bicyclic) bond motifs is 1. The highest BCUT2D eigenvalue weighted by atomic mass is 32.2. The maximum Gasteiger partial charge on any atom is 0.244 e. The van der Waals surface area contributed by atoms with E-state index in [9.17, 15) is 17.6 Å². The Kier molecular flexibility index (Phi) is 2.82. The van der Waals surface area contributed by atoms with Gasteiger partial charge in [0, 0.05) is 5.54 Å². The Balaban J connectivity index is 2.06. The molecule has 1 atom stereocenters. The normalized spacial score (nSPS) is 33.0. The number of hydrogen-bond donors (Lipinski definition) is 0. The number of ketones is 1.